The molecule has 1 aromatic carbocycles. The molecule has 1 aromatic rings. The number of hydrogen-bond acceptors (Lipinski definition) is 4. The van der Waals surface area contributed by atoms with Gasteiger partial charge >= 0.3 is 0 Å². The summed E-state index contributed by atoms with van der Waals surface area (Å²) in [6.45, 7) is 0.299. The quantitative estimate of drug-likeness (QED) is 0.631. The van der Waals surface area contributed by atoms with Gasteiger partial charge in [-0.2, -0.15) is 0 Å². The van der Waals surface area contributed by atoms with Gasteiger partial charge in [0.2, 0.25) is 0 Å². The van der Waals surface area contributed by atoms with E-state index in [9.17, 15) is 18.7 Å². The molecule has 0 heterocycles. The number of halogens is 1. The van der Waals surface area contributed by atoms with Crippen molar-refractivity contribution in [3.63, 3.8) is 0 Å². The number of rotatable bonds is 5. The minimum atomic E-state index is -0.988. The second-order valence-corrected chi connectivity index (χ2v) is 4.68. The number of nitrogens with zero attached hydrogens (tertiary/aromatic N) is 1. The van der Waals surface area contributed by atoms with Crippen molar-refractivity contribution >= 4 is 22.2 Å². The molecule has 1 rings (SSSR count). The van der Waals surface area contributed by atoms with E-state index in [0.29, 0.717) is 12.3 Å². The third kappa shape index (κ3) is 3.58. The van der Waals surface area contributed by atoms with Gasteiger partial charge in [-0.25, -0.2) is 4.39 Å². The molecule has 0 saturated heterocycles. The van der Waals surface area contributed by atoms with Crippen molar-refractivity contribution in [2.75, 3.05) is 23.9 Å². The first-order valence-corrected chi connectivity index (χ1v) is 6.21. The van der Waals surface area contributed by atoms with Gasteiger partial charge in [-0.15, -0.1) is 0 Å². The summed E-state index contributed by atoms with van der Waals surface area (Å²) >= 11 is 0. The predicted molar refractivity (Wildman–Crippen MR) is 60.5 cm³/mol. The molecule has 1 unspecified atom stereocenters. The van der Waals surface area contributed by atoms with Crippen LogP contribution in [0.3, 0.4) is 0 Å². The summed E-state index contributed by atoms with van der Waals surface area (Å²) in [7, 11) is -0.988. The third-order valence-corrected chi connectivity index (χ3v) is 2.64. The summed E-state index contributed by atoms with van der Waals surface area (Å²) in [5.41, 5.74) is -0.0845. The molecule has 0 bridgehead atoms. The minimum absolute atomic E-state index is 0.107. The molecule has 5 nitrogen and oxygen atoms in total. The van der Waals surface area contributed by atoms with E-state index < -0.39 is 21.5 Å². The van der Waals surface area contributed by atoms with Crippen LogP contribution < -0.4 is 5.32 Å². The maximum absolute atomic E-state index is 12.9. The van der Waals surface area contributed by atoms with Crippen LogP contribution in [0.5, 0.6) is 0 Å². The lowest BCUT2D eigenvalue weighted by atomic mass is 10.2. The second kappa shape index (κ2) is 5.55. The Morgan fingerprint density at radius 3 is 2.81 bits per heavy atom. The van der Waals surface area contributed by atoms with Crippen LogP contribution >= 0.6 is 0 Å². The molecule has 7 heteroatoms. The highest BCUT2D eigenvalue weighted by atomic mass is 32.2. The SMILES string of the molecule is CS(=O)CCNc1cc(F)ccc1[N+](=O)[O-]. The van der Waals surface area contributed by atoms with Crippen molar-refractivity contribution in [2.45, 2.75) is 0 Å². The van der Waals surface area contributed by atoms with Gasteiger partial charge < -0.3 is 5.32 Å². The Morgan fingerprint density at radius 1 is 1.56 bits per heavy atom. The molecule has 16 heavy (non-hydrogen) atoms. The summed E-state index contributed by atoms with van der Waals surface area (Å²) in [6.07, 6.45) is 1.53. The van der Waals surface area contributed by atoms with Crippen molar-refractivity contribution in [3.05, 3.63) is 34.1 Å². The van der Waals surface area contributed by atoms with E-state index in [1.165, 1.54) is 6.26 Å². The Labute approximate surface area is 94.3 Å². The van der Waals surface area contributed by atoms with Crippen LogP contribution in [0.2, 0.25) is 0 Å². The van der Waals surface area contributed by atoms with E-state index >= 15 is 0 Å². The number of benzene rings is 1. The largest absolute Gasteiger partial charge is 0.378 e. The minimum Gasteiger partial charge on any atom is -0.378 e. The highest BCUT2D eigenvalue weighted by Crippen LogP contribution is 2.24. The molecule has 0 saturated carbocycles. The van der Waals surface area contributed by atoms with Crippen LogP contribution in [0.15, 0.2) is 18.2 Å². The first-order valence-electron chi connectivity index (χ1n) is 4.48. The van der Waals surface area contributed by atoms with Crippen molar-refractivity contribution in [2.24, 2.45) is 0 Å². The van der Waals surface area contributed by atoms with Gasteiger partial charge in [-0.1, -0.05) is 0 Å². The molecule has 1 atom stereocenters. The molecule has 0 spiro atoms. The molecule has 0 aliphatic carbocycles. The number of nitro benzene ring substituents is 1. The smallest absolute Gasteiger partial charge is 0.292 e. The van der Waals surface area contributed by atoms with Crippen LogP contribution in [0.25, 0.3) is 0 Å². The molecule has 0 aromatic heterocycles. The van der Waals surface area contributed by atoms with E-state index in [-0.39, 0.29) is 11.4 Å². The van der Waals surface area contributed by atoms with Gasteiger partial charge in [-0.3, -0.25) is 14.3 Å². The summed E-state index contributed by atoms with van der Waals surface area (Å²) in [6, 6.07) is 3.18. The summed E-state index contributed by atoms with van der Waals surface area (Å²) in [4.78, 5) is 10.0. The van der Waals surface area contributed by atoms with Gasteiger partial charge in [-0.05, 0) is 6.07 Å². The van der Waals surface area contributed by atoms with Crippen molar-refractivity contribution in [1.82, 2.24) is 0 Å². The van der Waals surface area contributed by atoms with Crippen molar-refractivity contribution < 1.29 is 13.5 Å². The summed E-state index contributed by atoms with van der Waals surface area (Å²) in [5.74, 6) is -0.195. The molecular weight excluding hydrogens is 235 g/mol. The average Bonchev–Trinajstić information content (AvgIpc) is 2.16. The zero-order chi connectivity index (χ0) is 12.1. The van der Waals surface area contributed by atoms with E-state index in [4.69, 9.17) is 0 Å². The van der Waals surface area contributed by atoms with E-state index in [1.807, 2.05) is 0 Å². The monoisotopic (exact) mass is 246 g/mol. The van der Waals surface area contributed by atoms with Crippen LogP contribution in [-0.4, -0.2) is 27.7 Å². The Morgan fingerprint density at radius 2 is 2.25 bits per heavy atom. The van der Waals surface area contributed by atoms with Gasteiger partial charge in [0.15, 0.2) is 0 Å². The molecule has 0 aliphatic rings. The lowest BCUT2D eigenvalue weighted by molar-refractivity contribution is -0.384. The predicted octanol–water partition coefficient (Wildman–Crippen LogP) is 1.52. The Kier molecular flexibility index (Phi) is 4.36. The summed E-state index contributed by atoms with van der Waals surface area (Å²) < 4.78 is 23.7. The number of nitrogens with one attached hydrogen (secondary N) is 1. The maximum Gasteiger partial charge on any atom is 0.292 e. The van der Waals surface area contributed by atoms with Crippen LogP contribution in [0.1, 0.15) is 0 Å². The van der Waals surface area contributed by atoms with Gasteiger partial charge in [0, 0.05) is 41.5 Å². The fourth-order valence-electron chi connectivity index (χ4n) is 1.14. The van der Waals surface area contributed by atoms with Crippen molar-refractivity contribution in [3.8, 4) is 0 Å². The Bertz CT molecular complexity index is 425. The molecule has 0 aliphatic heterocycles. The van der Waals surface area contributed by atoms with Crippen LogP contribution in [0.4, 0.5) is 15.8 Å². The lowest BCUT2D eigenvalue weighted by Gasteiger charge is -2.05. The maximum atomic E-state index is 12.9. The van der Waals surface area contributed by atoms with E-state index in [0.717, 1.165) is 18.2 Å². The Balaban J connectivity index is 2.80. The highest BCUT2D eigenvalue weighted by molar-refractivity contribution is 7.84. The number of anilines is 1. The molecule has 0 radical (unpaired) electrons. The van der Waals surface area contributed by atoms with Crippen LogP contribution in [-0.2, 0) is 10.8 Å². The molecular formula is C9H11FN2O3S. The van der Waals surface area contributed by atoms with Crippen LogP contribution in [0, 0.1) is 15.9 Å². The first-order chi connectivity index (χ1) is 7.50. The zero-order valence-corrected chi connectivity index (χ0v) is 9.42. The average molecular weight is 246 g/mol. The standard InChI is InChI=1S/C9H11FN2O3S/c1-16(15)5-4-11-8-6-7(10)2-3-9(8)12(13)14/h2-3,6,11H,4-5H2,1H3. The van der Waals surface area contributed by atoms with Crippen molar-refractivity contribution in [1.29, 1.82) is 0 Å². The van der Waals surface area contributed by atoms with E-state index in [1.54, 1.807) is 0 Å². The topological polar surface area (TPSA) is 72.2 Å². The number of nitro groups is 1. The van der Waals surface area contributed by atoms with E-state index in [2.05, 4.69) is 5.32 Å². The lowest BCUT2D eigenvalue weighted by Crippen LogP contribution is -2.11. The first kappa shape index (κ1) is 12.6. The van der Waals surface area contributed by atoms with Gasteiger partial charge in [0.05, 0.1) is 4.92 Å². The fraction of sp³-hybridized carbons (Fsp3) is 0.333. The fourth-order valence-corrected chi connectivity index (χ4v) is 1.53. The Hall–Kier alpha value is -1.50. The second-order valence-electron chi connectivity index (χ2n) is 3.12. The third-order valence-electron chi connectivity index (χ3n) is 1.86. The number of hydrogen-bond donors (Lipinski definition) is 1. The summed E-state index contributed by atoms with van der Waals surface area (Å²) in [5, 5.41) is 13.3. The molecule has 88 valence electrons. The molecule has 1 N–H and O–H groups in total. The van der Waals surface area contributed by atoms with Gasteiger partial charge in [0.25, 0.3) is 5.69 Å². The van der Waals surface area contributed by atoms with Gasteiger partial charge in [0.1, 0.15) is 11.5 Å². The highest BCUT2D eigenvalue weighted by Gasteiger charge is 2.13. The normalized spacial score (nSPS) is 12.1. The molecule has 0 fully saturated rings. The molecule has 0 amide bonds. The zero-order valence-electron chi connectivity index (χ0n) is 8.60.